The average Bonchev–Trinajstić information content (AvgIpc) is 3.02. The fraction of sp³-hybridized carbons (Fsp3) is 0.227. The van der Waals surface area contributed by atoms with E-state index >= 15 is 0 Å². The van der Waals surface area contributed by atoms with Gasteiger partial charge in [-0.2, -0.15) is 4.98 Å². The minimum atomic E-state index is -0.489. The van der Waals surface area contributed by atoms with Crippen molar-refractivity contribution < 1.29 is 4.79 Å². The Morgan fingerprint density at radius 3 is 2.46 bits per heavy atom. The Hall–Kier alpha value is -3.41. The van der Waals surface area contributed by atoms with Gasteiger partial charge in [0, 0.05) is 17.1 Å². The third-order valence-corrected chi connectivity index (χ3v) is 5.10. The number of aromatic nitrogens is 3. The Morgan fingerprint density at radius 2 is 1.71 bits per heavy atom. The molecule has 0 aliphatic rings. The highest BCUT2D eigenvalue weighted by molar-refractivity contribution is 5.94. The zero-order valence-electron chi connectivity index (χ0n) is 16.1. The van der Waals surface area contributed by atoms with Crippen LogP contribution in [0.4, 0.5) is 0 Å². The molecule has 0 radical (unpaired) electrons. The van der Waals surface area contributed by atoms with Crippen molar-refractivity contribution in [1.82, 2.24) is 19.5 Å². The van der Waals surface area contributed by atoms with Crippen LogP contribution in [0.15, 0.2) is 65.5 Å². The van der Waals surface area contributed by atoms with Crippen LogP contribution >= 0.6 is 0 Å². The van der Waals surface area contributed by atoms with Crippen LogP contribution in [0.5, 0.6) is 0 Å². The van der Waals surface area contributed by atoms with Crippen LogP contribution < -0.4 is 10.9 Å². The number of benzene rings is 2. The Labute approximate surface area is 162 Å². The van der Waals surface area contributed by atoms with Crippen molar-refractivity contribution in [2.24, 2.45) is 0 Å². The number of nitrogens with one attached hydrogen (secondary N) is 1. The largest absolute Gasteiger partial charge is 0.348 e. The summed E-state index contributed by atoms with van der Waals surface area (Å²) in [5.41, 5.74) is 2.93. The van der Waals surface area contributed by atoms with Crippen molar-refractivity contribution in [3.8, 4) is 0 Å². The number of carbonyl (C=O) groups excluding carboxylic acids is 1. The molecule has 0 saturated carbocycles. The maximum atomic E-state index is 13.1. The zero-order chi connectivity index (χ0) is 19.8. The lowest BCUT2D eigenvalue weighted by atomic mass is 10.1. The first kappa shape index (κ1) is 18.0. The molecule has 4 aromatic rings. The highest BCUT2D eigenvalue weighted by atomic mass is 16.2. The number of aryl methyl sites for hydroxylation is 1. The minimum absolute atomic E-state index is 0.0999. The van der Waals surface area contributed by atoms with Gasteiger partial charge in [0.15, 0.2) is 5.65 Å². The predicted molar refractivity (Wildman–Crippen MR) is 109 cm³/mol. The molecule has 0 saturated heterocycles. The van der Waals surface area contributed by atoms with Gasteiger partial charge in [-0.15, -0.1) is 0 Å². The fourth-order valence-electron chi connectivity index (χ4n) is 3.66. The van der Waals surface area contributed by atoms with E-state index in [1.807, 2.05) is 84.6 Å². The van der Waals surface area contributed by atoms with Crippen LogP contribution in [0.2, 0.25) is 0 Å². The quantitative estimate of drug-likeness (QED) is 0.595. The smallest absolute Gasteiger partial charge is 0.273 e. The lowest BCUT2D eigenvalue weighted by Gasteiger charge is -2.21. The van der Waals surface area contributed by atoms with Crippen molar-refractivity contribution >= 4 is 22.5 Å². The first-order valence-corrected chi connectivity index (χ1v) is 9.32. The molecule has 0 aliphatic carbocycles. The van der Waals surface area contributed by atoms with E-state index in [4.69, 9.17) is 0 Å². The third-order valence-electron chi connectivity index (χ3n) is 5.10. The lowest BCUT2D eigenvalue weighted by Crippen LogP contribution is -2.34. The molecule has 1 N–H and O–H groups in total. The second kappa shape index (κ2) is 6.96. The Morgan fingerprint density at radius 1 is 1.04 bits per heavy atom. The Bertz CT molecular complexity index is 1220. The summed E-state index contributed by atoms with van der Waals surface area (Å²) in [4.78, 5) is 29.2. The molecule has 2 aromatic carbocycles. The van der Waals surface area contributed by atoms with E-state index in [0.29, 0.717) is 5.65 Å². The molecule has 0 aliphatic heterocycles. The molecule has 0 unspecified atom stereocenters. The van der Waals surface area contributed by atoms with Crippen LogP contribution in [0.25, 0.3) is 16.6 Å². The number of fused-ring (bicyclic) bond motifs is 3. The first-order chi connectivity index (χ1) is 13.5. The fourth-order valence-corrected chi connectivity index (χ4v) is 3.66. The SMILES string of the molecule is Cc1cc(=O)nc2c3ccccc3n([C@H](C)C(=O)N[C@@H](C)c3ccccc3)n12. The summed E-state index contributed by atoms with van der Waals surface area (Å²) in [6.07, 6.45) is 0. The standard InChI is InChI=1S/C22H22N4O2/c1-14-13-20(27)24-21-18-11-7-8-12-19(18)26(25(14)21)16(3)22(28)23-15(2)17-9-5-4-6-10-17/h4-13,15-16H,1-3H3,(H,23,28)/t15-,16+/m0/s1. The van der Waals surface area contributed by atoms with Crippen LogP contribution in [0, 0.1) is 6.92 Å². The van der Waals surface area contributed by atoms with Gasteiger partial charge in [-0.25, -0.2) is 4.52 Å². The maximum Gasteiger partial charge on any atom is 0.273 e. The number of para-hydroxylation sites is 1. The minimum Gasteiger partial charge on any atom is -0.348 e. The first-order valence-electron chi connectivity index (χ1n) is 9.32. The summed E-state index contributed by atoms with van der Waals surface area (Å²) in [6, 6.07) is 18.4. The molecular formula is C22H22N4O2. The maximum absolute atomic E-state index is 13.1. The van der Waals surface area contributed by atoms with Crippen LogP contribution in [-0.4, -0.2) is 20.1 Å². The van der Waals surface area contributed by atoms with Gasteiger partial charge in [0.25, 0.3) is 5.56 Å². The van der Waals surface area contributed by atoms with E-state index in [-0.39, 0.29) is 17.5 Å². The van der Waals surface area contributed by atoms with Crippen LogP contribution in [0.3, 0.4) is 0 Å². The van der Waals surface area contributed by atoms with Gasteiger partial charge in [0.1, 0.15) is 6.04 Å². The van der Waals surface area contributed by atoms with Gasteiger partial charge >= 0.3 is 0 Å². The average molecular weight is 374 g/mol. The zero-order valence-corrected chi connectivity index (χ0v) is 16.1. The summed E-state index contributed by atoms with van der Waals surface area (Å²) >= 11 is 0. The van der Waals surface area contributed by atoms with Gasteiger partial charge in [0.05, 0.1) is 11.6 Å². The van der Waals surface area contributed by atoms with Crippen molar-refractivity contribution in [3.05, 3.63) is 82.3 Å². The number of nitrogens with zero attached hydrogens (tertiary/aromatic N) is 3. The second-order valence-corrected chi connectivity index (χ2v) is 7.05. The normalized spacial score (nSPS) is 13.5. The van der Waals surface area contributed by atoms with E-state index in [9.17, 15) is 9.59 Å². The predicted octanol–water partition coefficient (Wildman–Crippen LogP) is 3.40. The summed E-state index contributed by atoms with van der Waals surface area (Å²) in [6.45, 7) is 5.68. The van der Waals surface area contributed by atoms with Crippen molar-refractivity contribution in [1.29, 1.82) is 0 Å². The monoisotopic (exact) mass is 374 g/mol. The van der Waals surface area contributed by atoms with Crippen molar-refractivity contribution in [2.75, 3.05) is 0 Å². The number of carbonyl (C=O) groups is 1. The van der Waals surface area contributed by atoms with Gasteiger partial charge < -0.3 is 5.32 Å². The topological polar surface area (TPSA) is 68.4 Å². The Kier molecular flexibility index (Phi) is 4.47. The molecule has 4 rings (SSSR count). The molecule has 28 heavy (non-hydrogen) atoms. The van der Waals surface area contributed by atoms with Crippen LogP contribution in [0.1, 0.15) is 37.2 Å². The second-order valence-electron chi connectivity index (χ2n) is 7.05. The van der Waals surface area contributed by atoms with Gasteiger partial charge in [0.2, 0.25) is 5.91 Å². The Balaban J connectivity index is 1.79. The highest BCUT2D eigenvalue weighted by Crippen LogP contribution is 2.25. The summed E-state index contributed by atoms with van der Waals surface area (Å²) < 4.78 is 3.75. The summed E-state index contributed by atoms with van der Waals surface area (Å²) in [5, 5.41) is 3.94. The number of hydrogen-bond donors (Lipinski definition) is 1. The van der Waals surface area contributed by atoms with E-state index in [1.165, 1.54) is 6.07 Å². The molecular weight excluding hydrogens is 352 g/mol. The molecule has 6 nitrogen and oxygen atoms in total. The molecule has 2 heterocycles. The molecule has 142 valence electrons. The van der Waals surface area contributed by atoms with Gasteiger partial charge in [-0.3, -0.25) is 14.3 Å². The molecule has 2 aromatic heterocycles. The van der Waals surface area contributed by atoms with Gasteiger partial charge in [-0.1, -0.05) is 42.5 Å². The third kappa shape index (κ3) is 2.97. The summed E-state index contributed by atoms with van der Waals surface area (Å²) in [5.74, 6) is -0.0999. The van der Waals surface area contributed by atoms with Crippen LogP contribution in [-0.2, 0) is 4.79 Å². The van der Waals surface area contributed by atoms with E-state index in [0.717, 1.165) is 22.2 Å². The number of amides is 1. The van der Waals surface area contributed by atoms with Crippen molar-refractivity contribution in [3.63, 3.8) is 0 Å². The van der Waals surface area contributed by atoms with Crippen molar-refractivity contribution in [2.45, 2.75) is 32.9 Å². The molecule has 1 amide bonds. The molecule has 6 heteroatoms. The number of rotatable bonds is 4. The number of hydrogen-bond acceptors (Lipinski definition) is 3. The highest BCUT2D eigenvalue weighted by Gasteiger charge is 2.23. The lowest BCUT2D eigenvalue weighted by molar-refractivity contribution is -0.124. The van der Waals surface area contributed by atoms with E-state index in [1.54, 1.807) is 0 Å². The molecule has 2 atom stereocenters. The van der Waals surface area contributed by atoms with Gasteiger partial charge in [-0.05, 0) is 38.5 Å². The molecule has 0 spiro atoms. The summed E-state index contributed by atoms with van der Waals surface area (Å²) in [7, 11) is 0. The van der Waals surface area contributed by atoms with E-state index < -0.39 is 6.04 Å². The molecule has 0 fully saturated rings. The van der Waals surface area contributed by atoms with E-state index in [2.05, 4.69) is 10.3 Å². The molecule has 0 bridgehead atoms.